The number of morpholine rings is 1. The van der Waals surface area contributed by atoms with E-state index in [4.69, 9.17) is 9.47 Å². The maximum absolute atomic E-state index is 14.8. The Morgan fingerprint density at radius 2 is 2.00 bits per heavy atom. The van der Waals surface area contributed by atoms with Gasteiger partial charge in [0.25, 0.3) is 0 Å². The zero-order valence-electron chi connectivity index (χ0n) is 14.1. The summed E-state index contributed by atoms with van der Waals surface area (Å²) in [6.07, 6.45) is 0. The first-order valence-electron chi connectivity index (χ1n) is 8.50. The highest BCUT2D eigenvalue weighted by atomic mass is 19.1. The summed E-state index contributed by atoms with van der Waals surface area (Å²) >= 11 is 0. The largest absolute Gasteiger partial charge is 0.478 e. The van der Waals surface area contributed by atoms with Crippen LogP contribution in [-0.4, -0.2) is 44.1 Å². The molecule has 2 aromatic carbocycles. The van der Waals surface area contributed by atoms with Gasteiger partial charge in [-0.25, -0.2) is 9.18 Å². The number of hydrogen-bond donors (Lipinski definition) is 2. The highest BCUT2D eigenvalue weighted by molar-refractivity contribution is 5.96. The van der Waals surface area contributed by atoms with Gasteiger partial charge in [-0.05, 0) is 12.1 Å². The van der Waals surface area contributed by atoms with Gasteiger partial charge in [-0.3, -0.25) is 5.32 Å². The number of carboxylic acid groups (broad SMARTS) is 1. The molecule has 0 saturated carbocycles. The summed E-state index contributed by atoms with van der Waals surface area (Å²) in [5, 5.41) is 12.6. The number of para-hydroxylation sites is 1. The number of ether oxygens (including phenoxy) is 2. The van der Waals surface area contributed by atoms with Crippen molar-refractivity contribution in [3.05, 3.63) is 47.3 Å². The standard InChI is InChI=1S/C19H19FN2O4/c20-16-8-15(19(23)24)17(22-4-6-25-7-5-22)9-14(16)13-3-1-2-12-10-21-11-26-18(12)13/h1-3,8-9,21H,4-7,10-11H2,(H,23,24). The molecule has 6 nitrogen and oxygen atoms in total. The fraction of sp³-hybridized carbons (Fsp3) is 0.316. The molecule has 0 aliphatic carbocycles. The van der Waals surface area contributed by atoms with Crippen molar-refractivity contribution in [3.8, 4) is 16.9 Å². The van der Waals surface area contributed by atoms with Crippen LogP contribution in [0.1, 0.15) is 15.9 Å². The Morgan fingerprint density at radius 1 is 1.19 bits per heavy atom. The number of halogens is 1. The lowest BCUT2D eigenvalue weighted by atomic mass is 9.97. The predicted molar refractivity (Wildman–Crippen MR) is 94.2 cm³/mol. The van der Waals surface area contributed by atoms with Crippen LogP contribution in [0.3, 0.4) is 0 Å². The van der Waals surface area contributed by atoms with Crippen LogP contribution in [0.25, 0.3) is 11.1 Å². The molecule has 2 N–H and O–H groups in total. The fourth-order valence-corrected chi connectivity index (χ4v) is 3.42. The summed E-state index contributed by atoms with van der Waals surface area (Å²) in [7, 11) is 0. The molecule has 0 aromatic heterocycles. The van der Waals surface area contributed by atoms with E-state index in [1.165, 1.54) is 0 Å². The number of carboxylic acids is 1. The van der Waals surface area contributed by atoms with Crippen LogP contribution >= 0.6 is 0 Å². The molecule has 0 spiro atoms. The van der Waals surface area contributed by atoms with Gasteiger partial charge < -0.3 is 19.5 Å². The van der Waals surface area contributed by atoms with Crippen molar-refractivity contribution in [2.24, 2.45) is 0 Å². The van der Waals surface area contributed by atoms with Gasteiger partial charge in [-0.15, -0.1) is 0 Å². The first-order chi connectivity index (χ1) is 12.6. The Labute approximate surface area is 150 Å². The van der Waals surface area contributed by atoms with Gasteiger partial charge in [0.15, 0.2) is 0 Å². The second-order valence-corrected chi connectivity index (χ2v) is 6.26. The molecule has 0 amide bonds. The van der Waals surface area contributed by atoms with Crippen molar-refractivity contribution in [1.82, 2.24) is 5.32 Å². The van der Waals surface area contributed by atoms with Crippen LogP contribution in [0.2, 0.25) is 0 Å². The minimum absolute atomic E-state index is 0.0412. The summed E-state index contributed by atoms with van der Waals surface area (Å²) < 4.78 is 25.9. The van der Waals surface area contributed by atoms with Crippen molar-refractivity contribution in [2.45, 2.75) is 6.54 Å². The zero-order valence-corrected chi connectivity index (χ0v) is 14.1. The molecule has 26 heavy (non-hydrogen) atoms. The molecule has 2 aliphatic heterocycles. The SMILES string of the molecule is O=C(O)c1cc(F)c(-c2cccc3c2OCNC3)cc1N1CCOCC1. The van der Waals surface area contributed by atoms with Gasteiger partial charge in [0.2, 0.25) is 0 Å². The summed E-state index contributed by atoms with van der Waals surface area (Å²) in [5.74, 6) is -1.08. The van der Waals surface area contributed by atoms with E-state index in [0.29, 0.717) is 62.1 Å². The van der Waals surface area contributed by atoms with Gasteiger partial charge in [0, 0.05) is 36.3 Å². The molecule has 0 unspecified atom stereocenters. The maximum atomic E-state index is 14.8. The lowest BCUT2D eigenvalue weighted by Crippen LogP contribution is -2.37. The van der Waals surface area contributed by atoms with E-state index in [1.54, 1.807) is 12.1 Å². The van der Waals surface area contributed by atoms with E-state index in [2.05, 4.69) is 5.32 Å². The quantitative estimate of drug-likeness (QED) is 0.878. The number of carbonyl (C=O) groups is 1. The summed E-state index contributed by atoms with van der Waals surface area (Å²) in [6, 6.07) is 8.29. The smallest absolute Gasteiger partial charge is 0.337 e. The normalized spacial score (nSPS) is 16.7. The molecule has 136 valence electrons. The van der Waals surface area contributed by atoms with E-state index in [-0.39, 0.29) is 5.56 Å². The molecule has 0 bridgehead atoms. The third kappa shape index (κ3) is 3.00. The minimum atomic E-state index is -1.15. The molecule has 7 heteroatoms. The molecule has 1 saturated heterocycles. The molecule has 0 atom stereocenters. The molecular formula is C19H19FN2O4. The molecule has 4 rings (SSSR count). The highest BCUT2D eigenvalue weighted by Crippen LogP contribution is 2.39. The number of rotatable bonds is 3. The highest BCUT2D eigenvalue weighted by Gasteiger charge is 2.24. The minimum Gasteiger partial charge on any atom is -0.478 e. The van der Waals surface area contributed by atoms with Gasteiger partial charge in [-0.2, -0.15) is 0 Å². The number of hydrogen-bond acceptors (Lipinski definition) is 5. The fourth-order valence-electron chi connectivity index (χ4n) is 3.42. The molecular weight excluding hydrogens is 339 g/mol. The Kier molecular flexibility index (Phi) is 4.48. The molecule has 2 heterocycles. The van der Waals surface area contributed by atoms with E-state index < -0.39 is 11.8 Å². The second kappa shape index (κ2) is 6.93. The van der Waals surface area contributed by atoms with Crippen LogP contribution in [0, 0.1) is 5.82 Å². The summed E-state index contributed by atoms with van der Waals surface area (Å²) in [4.78, 5) is 13.6. The maximum Gasteiger partial charge on any atom is 0.337 e. The van der Waals surface area contributed by atoms with E-state index >= 15 is 0 Å². The van der Waals surface area contributed by atoms with Gasteiger partial charge in [0.05, 0.1) is 24.5 Å². The third-order valence-corrected chi connectivity index (χ3v) is 4.69. The van der Waals surface area contributed by atoms with Crippen LogP contribution in [-0.2, 0) is 11.3 Å². The van der Waals surface area contributed by atoms with E-state index in [1.807, 2.05) is 17.0 Å². The van der Waals surface area contributed by atoms with Crippen molar-refractivity contribution < 1.29 is 23.8 Å². The zero-order chi connectivity index (χ0) is 18.1. The molecule has 2 aliphatic rings. The molecule has 1 fully saturated rings. The van der Waals surface area contributed by atoms with Crippen LogP contribution in [0.5, 0.6) is 5.75 Å². The third-order valence-electron chi connectivity index (χ3n) is 4.69. The first kappa shape index (κ1) is 16.8. The number of benzene rings is 2. The van der Waals surface area contributed by atoms with Crippen LogP contribution in [0.15, 0.2) is 30.3 Å². The number of nitrogens with zero attached hydrogens (tertiary/aromatic N) is 1. The Morgan fingerprint density at radius 3 is 2.77 bits per heavy atom. The number of aromatic carboxylic acids is 1. The van der Waals surface area contributed by atoms with Gasteiger partial charge in [-0.1, -0.05) is 18.2 Å². The lowest BCUT2D eigenvalue weighted by molar-refractivity contribution is 0.0696. The Bertz CT molecular complexity index is 850. The Hall–Kier alpha value is -2.64. The summed E-state index contributed by atoms with van der Waals surface area (Å²) in [5.41, 5.74) is 2.39. The van der Waals surface area contributed by atoms with E-state index in [9.17, 15) is 14.3 Å². The number of fused-ring (bicyclic) bond motifs is 1. The first-order valence-corrected chi connectivity index (χ1v) is 8.50. The summed E-state index contributed by atoms with van der Waals surface area (Å²) in [6.45, 7) is 3.17. The predicted octanol–water partition coefficient (Wildman–Crippen LogP) is 2.47. The van der Waals surface area contributed by atoms with Crippen molar-refractivity contribution in [1.29, 1.82) is 0 Å². The van der Waals surface area contributed by atoms with Crippen LogP contribution < -0.4 is 15.0 Å². The van der Waals surface area contributed by atoms with Crippen LogP contribution in [0.4, 0.5) is 10.1 Å². The average molecular weight is 358 g/mol. The monoisotopic (exact) mass is 358 g/mol. The molecule has 2 aromatic rings. The average Bonchev–Trinajstić information content (AvgIpc) is 2.68. The van der Waals surface area contributed by atoms with Gasteiger partial charge >= 0.3 is 5.97 Å². The lowest BCUT2D eigenvalue weighted by Gasteiger charge is -2.30. The number of anilines is 1. The second-order valence-electron chi connectivity index (χ2n) is 6.26. The van der Waals surface area contributed by atoms with Crippen molar-refractivity contribution in [3.63, 3.8) is 0 Å². The molecule has 0 radical (unpaired) electrons. The van der Waals surface area contributed by atoms with Crippen molar-refractivity contribution >= 4 is 11.7 Å². The van der Waals surface area contributed by atoms with Crippen molar-refractivity contribution in [2.75, 3.05) is 37.9 Å². The van der Waals surface area contributed by atoms with E-state index in [0.717, 1.165) is 11.6 Å². The number of nitrogens with one attached hydrogen (secondary N) is 1. The topological polar surface area (TPSA) is 71.0 Å². The Balaban J connectivity index is 1.86. The van der Waals surface area contributed by atoms with Gasteiger partial charge in [0.1, 0.15) is 18.3 Å².